The summed E-state index contributed by atoms with van der Waals surface area (Å²) in [7, 11) is 0. The van der Waals surface area contributed by atoms with Crippen molar-refractivity contribution in [2.45, 2.75) is 33.6 Å². The molecule has 2 heterocycles. The van der Waals surface area contributed by atoms with Crippen LogP contribution in [-0.4, -0.2) is 21.7 Å². The molecule has 1 amide bonds. The molecule has 150 valence electrons. The standard InChI is InChI=1S/C23H25ClN4O/c1-14-7-8-17(23(14,2)3)11-26-21-19(22(25)29)12-27-28-13-16(10-20(21)28)15-5-4-6-18(24)9-15/h4-6,9-14,17H,7-8H2,1-3H3,(H2,25,29). The molecule has 1 aliphatic rings. The molecule has 1 aliphatic carbocycles. The average molecular weight is 409 g/mol. The molecule has 1 aromatic carbocycles. The Bertz CT molecular complexity index is 1120. The Kier molecular flexibility index (Phi) is 4.95. The van der Waals surface area contributed by atoms with Gasteiger partial charge >= 0.3 is 0 Å². The van der Waals surface area contributed by atoms with E-state index in [1.165, 1.54) is 12.6 Å². The molecule has 3 aromatic rings. The third-order valence-corrected chi connectivity index (χ3v) is 6.79. The minimum Gasteiger partial charge on any atom is -0.365 e. The van der Waals surface area contributed by atoms with Crippen molar-refractivity contribution in [1.82, 2.24) is 9.61 Å². The van der Waals surface area contributed by atoms with Gasteiger partial charge in [-0.2, -0.15) is 5.10 Å². The second kappa shape index (κ2) is 7.30. The number of carbonyl (C=O) groups is 1. The normalized spacial score (nSPS) is 21.2. The number of rotatable bonds is 4. The number of aliphatic imine (C=N–C) groups is 1. The van der Waals surface area contributed by atoms with E-state index in [1.54, 1.807) is 4.52 Å². The van der Waals surface area contributed by atoms with E-state index in [1.807, 2.05) is 42.7 Å². The van der Waals surface area contributed by atoms with Crippen molar-refractivity contribution in [3.63, 3.8) is 0 Å². The fraction of sp³-hybridized carbons (Fsp3) is 0.348. The van der Waals surface area contributed by atoms with Gasteiger partial charge in [-0.3, -0.25) is 9.79 Å². The Morgan fingerprint density at radius 2 is 2.10 bits per heavy atom. The number of fused-ring (bicyclic) bond motifs is 1. The first-order valence-corrected chi connectivity index (χ1v) is 10.3. The monoisotopic (exact) mass is 408 g/mol. The molecule has 0 aliphatic heterocycles. The van der Waals surface area contributed by atoms with Crippen LogP contribution in [-0.2, 0) is 0 Å². The van der Waals surface area contributed by atoms with Gasteiger partial charge in [0.05, 0.1) is 17.3 Å². The maximum absolute atomic E-state index is 12.0. The van der Waals surface area contributed by atoms with Gasteiger partial charge in [0, 0.05) is 23.0 Å². The van der Waals surface area contributed by atoms with E-state index in [0.717, 1.165) is 23.1 Å². The van der Waals surface area contributed by atoms with Crippen LogP contribution in [0.15, 0.2) is 47.7 Å². The summed E-state index contributed by atoms with van der Waals surface area (Å²) in [5, 5.41) is 5.03. The quantitative estimate of drug-likeness (QED) is 0.576. The number of benzene rings is 1. The number of hydrogen-bond acceptors (Lipinski definition) is 3. The molecule has 2 atom stereocenters. The van der Waals surface area contributed by atoms with Crippen molar-refractivity contribution in [3.05, 3.63) is 53.3 Å². The smallest absolute Gasteiger partial charge is 0.252 e. The first-order chi connectivity index (χ1) is 13.8. The summed E-state index contributed by atoms with van der Waals surface area (Å²) in [5.41, 5.74) is 9.36. The number of nitrogens with zero attached hydrogens (tertiary/aromatic N) is 3. The lowest BCUT2D eigenvalue weighted by Gasteiger charge is -2.28. The summed E-state index contributed by atoms with van der Waals surface area (Å²) >= 11 is 6.15. The molecule has 1 saturated carbocycles. The highest BCUT2D eigenvalue weighted by atomic mass is 35.5. The van der Waals surface area contributed by atoms with Crippen LogP contribution in [0, 0.1) is 17.3 Å². The Hall–Kier alpha value is -2.66. The molecule has 5 nitrogen and oxygen atoms in total. The lowest BCUT2D eigenvalue weighted by molar-refractivity contribution is 0.100. The molecule has 0 radical (unpaired) electrons. The summed E-state index contributed by atoms with van der Waals surface area (Å²) in [5.74, 6) is 0.459. The van der Waals surface area contributed by atoms with Crippen LogP contribution < -0.4 is 5.73 Å². The Morgan fingerprint density at radius 3 is 2.76 bits per heavy atom. The van der Waals surface area contributed by atoms with Crippen molar-refractivity contribution in [2.24, 2.45) is 28.0 Å². The van der Waals surface area contributed by atoms with Crippen LogP contribution in [0.1, 0.15) is 44.0 Å². The summed E-state index contributed by atoms with van der Waals surface area (Å²) in [6, 6.07) is 9.60. The number of amides is 1. The van der Waals surface area contributed by atoms with Gasteiger partial charge in [-0.15, -0.1) is 0 Å². The van der Waals surface area contributed by atoms with Gasteiger partial charge < -0.3 is 5.73 Å². The third kappa shape index (κ3) is 3.55. The van der Waals surface area contributed by atoms with Gasteiger partial charge in [0.15, 0.2) is 0 Å². The summed E-state index contributed by atoms with van der Waals surface area (Å²) in [6.07, 6.45) is 7.68. The second-order valence-electron chi connectivity index (χ2n) is 8.52. The van der Waals surface area contributed by atoms with Gasteiger partial charge in [0.1, 0.15) is 5.69 Å². The van der Waals surface area contributed by atoms with Gasteiger partial charge in [-0.1, -0.05) is 44.5 Å². The van der Waals surface area contributed by atoms with E-state index in [-0.39, 0.29) is 5.41 Å². The molecule has 6 heteroatoms. The van der Waals surface area contributed by atoms with E-state index in [4.69, 9.17) is 22.3 Å². The van der Waals surface area contributed by atoms with Crippen LogP contribution in [0.25, 0.3) is 16.6 Å². The van der Waals surface area contributed by atoms with Crippen molar-refractivity contribution in [2.75, 3.05) is 0 Å². The first kappa shape index (κ1) is 19.6. The summed E-state index contributed by atoms with van der Waals surface area (Å²) in [6.45, 7) is 6.86. The van der Waals surface area contributed by atoms with Crippen LogP contribution in [0.4, 0.5) is 5.69 Å². The maximum Gasteiger partial charge on any atom is 0.252 e. The van der Waals surface area contributed by atoms with Gasteiger partial charge in [-0.05, 0) is 53.9 Å². The zero-order valence-corrected chi connectivity index (χ0v) is 17.6. The van der Waals surface area contributed by atoms with Crippen LogP contribution in [0.2, 0.25) is 5.02 Å². The predicted octanol–water partition coefficient (Wildman–Crippen LogP) is 5.53. The Morgan fingerprint density at radius 1 is 1.31 bits per heavy atom. The van der Waals surface area contributed by atoms with E-state index in [2.05, 4.69) is 25.9 Å². The fourth-order valence-corrected chi connectivity index (χ4v) is 4.35. The second-order valence-corrected chi connectivity index (χ2v) is 8.96. The van der Waals surface area contributed by atoms with E-state index >= 15 is 0 Å². The zero-order chi connectivity index (χ0) is 20.8. The molecule has 2 unspecified atom stereocenters. The first-order valence-electron chi connectivity index (χ1n) is 9.88. The van der Waals surface area contributed by atoms with E-state index in [0.29, 0.717) is 28.1 Å². The predicted molar refractivity (Wildman–Crippen MR) is 118 cm³/mol. The van der Waals surface area contributed by atoms with Gasteiger partial charge in [0.2, 0.25) is 0 Å². The van der Waals surface area contributed by atoms with Crippen molar-refractivity contribution < 1.29 is 4.79 Å². The molecule has 0 spiro atoms. The van der Waals surface area contributed by atoms with Crippen LogP contribution in [0.5, 0.6) is 0 Å². The SMILES string of the molecule is CC1CCC(C=Nc2c(C(N)=O)cnn3cc(-c4cccc(Cl)c4)cc23)C1(C)C. The van der Waals surface area contributed by atoms with Crippen molar-refractivity contribution in [3.8, 4) is 11.1 Å². The molecule has 29 heavy (non-hydrogen) atoms. The average Bonchev–Trinajstić information content (AvgIpc) is 3.21. The number of nitrogens with two attached hydrogens (primary N) is 1. The Balaban J connectivity index is 1.81. The lowest BCUT2D eigenvalue weighted by atomic mass is 9.77. The van der Waals surface area contributed by atoms with Crippen LogP contribution >= 0.6 is 11.6 Å². The van der Waals surface area contributed by atoms with E-state index < -0.39 is 5.91 Å². The highest BCUT2D eigenvalue weighted by Gasteiger charge is 2.39. The van der Waals surface area contributed by atoms with Crippen LogP contribution in [0.3, 0.4) is 0 Å². The molecule has 4 rings (SSSR count). The van der Waals surface area contributed by atoms with Crippen molar-refractivity contribution >= 4 is 34.9 Å². The summed E-state index contributed by atoms with van der Waals surface area (Å²) in [4.78, 5) is 16.8. The maximum atomic E-state index is 12.0. The molecule has 0 bridgehead atoms. The summed E-state index contributed by atoms with van der Waals surface area (Å²) < 4.78 is 1.73. The molecular formula is C23H25ClN4O. The molecule has 2 N–H and O–H groups in total. The largest absolute Gasteiger partial charge is 0.365 e. The van der Waals surface area contributed by atoms with Crippen molar-refractivity contribution in [1.29, 1.82) is 0 Å². The number of aromatic nitrogens is 2. The van der Waals surface area contributed by atoms with Gasteiger partial charge in [-0.25, -0.2) is 4.52 Å². The highest BCUT2D eigenvalue weighted by Crippen LogP contribution is 2.46. The lowest BCUT2D eigenvalue weighted by Crippen LogP contribution is -2.24. The fourth-order valence-electron chi connectivity index (χ4n) is 4.16. The topological polar surface area (TPSA) is 72.8 Å². The molecule has 2 aromatic heterocycles. The number of halogens is 1. The van der Waals surface area contributed by atoms with Gasteiger partial charge in [0.25, 0.3) is 5.91 Å². The highest BCUT2D eigenvalue weighted by molar-refractivity contribution is 6.30. The number of carbonyl (C=O) groups excluding carboxylic acids is 1. The zero-order valence-electron chi connectivity index (χ0n) is 16.9. The number of primary amides is 1. The minimum absolute atomic E-state index is 0.174. The van der Waals surface area contributed by atoms with E-state index in [9.17, 15) is 4.79 Å². The minimum atomic E-state index is -0.531. The third-order valence-electron chi connectivity index (χ3n) is 6.55. The Labute approximate surface area is 175 Å². The molecule has 1 fully saturated rings. The molecule has 0 saturated heterocycles. The molecular weight excluding hydrogens is 384 g/mol. The number of hydrogen-bond donors (Lipinski definition) is 1.